The molecule has 0 aliphatic heterocycles. The van der Waals surface area contributed by atoms with Gasteiger partial charge in [0.25, 0.3) is 0 Å². The molecular formula is C18H22N4O5. The van der Waals surface area contributed by atoms with Crippen LogP contribution in [0, 0.1) is 10.1 Å². The molecule has 2 unspecified atom stereocenters. The van der Waals surface area contributed by atoms with E-state index in [4.69, 9.17) is 9.47 Å². The van der Waals surface area contributed by atoms with Gasteiger partial charge in [-0.3, -0.25) is 9.78 Å². The summed E-state index contributed by atoms with van der Waals surface area (Å²) in [6.07, 6.45) is 8.79. The van der Waals surface area contributed by atoms with Crippen molar-refractivity contribution in [2.45, 2.75) is 50.7 Å². The van der Waals surface area contributed by atoms with Gasteiger partial charge in [-0.15, -0.1) is 0 Å². The Labute approximate surface area is 156 Å². The first-order valence-corrected chi connectivity index (χ1v) is 9.05. The lowest BCUT2D eigenvalue weighted by molar-refractivity contribution is -0.389. The van der Waals surface area contributed by atoms with E-state index in [0.29, 0.717) is 18.8 Å². The lowest BCUT2D eigenvalue weighted by atomic mass is 9.92. The molecule has 27 heavy (non-hydrogen) atoms. The molecule has 2 atom stereocenters. The van der Waals surface area contributed by atoms with Crippen LogP contribution >= 0.6 is 0 Å². The highest BCUT2D eigenvalue weighted by Crippen LogP contribution is 2.31. The average molecular weight is 374 g/mol. The average Bonchev–Trinajstić information content (AvgIpc) is 3.17. The Morgan fingerprint density at radius 3 is 2.93 bits per heavy atom. The summed E-state index contributed by atoms with van der Waals surface area (Å²) >= 11 is 0. The van der Waals surface area contributed by atoms with Crippen LogP contribution in [-0.4, -0.2) is 38.4 Å². The summed E-state index contributed by atoms with van der Waals surface area (Å²) in [6.45, 7) is 0.403. The van der Waals surface area contributed by atoms with Crippen LogP contribution in [0.1, 0.15) is 44.6 Å². The maximum atomic E-state index is 12.2. The predicted octanol–water partition coefficient (Wildman–Crippen LogP) is 3.07. The SMILES string of the molecule is O=C(CCCOc1cccnc1)OC1CCCCC1n1ccc([N+](=O)[O-])n1. The van der Waals surface area contributed by atoms with Crippen LogP contribution in [0.5, 0.6) is 5.75 Å². The zero-order chi connectivity index (χ0) is 19.1. The Kier molecular flexibility index (Phi) is 6.35. The van der Waals surface area contributed by atoms with Crippen molar-refractivity contribution in [2.75, 3.05) is 6.61 Å². The van der Waals surface area contributed by atoms with Gasteiger partial charge in [0.1, 0.15) is 17.9 Å². The number of nitro groups is 1. The minimum Gasteiger partial charge on any atom is -0.492 e. The summed E-state index contributed by atoms with van der Waals surface area (Å²) < 4.78 is 12.7. The summed E-state index contributed by atoms with van der Waals surface area (Å²) in [5.41, 5.74) is 0. The van der Waals surface area contributed by atoms with Crippen LogP contribution in [0.2, 0.25) is 0 Å². The highest BCUT2D eigenvalue weighted by Gasteiger charge is 2.32. The van der Waals surface area contributed by atoms with Crippen molar-refractivity contribution in [2.24, 2.45) is 0 Å². The molecule has 1 aliphatic rings. The number of carbonyl (C=O) groups excluding carboxylic acids is 1. The molecular weight excluding hydrogens is 352 g/mol. The number of nitrogens with zero attached hydrogens (tertiary/aromatic N) is 4. The number of pyridine rings is 1. The lowest BCUT2D eigenvalue weighted by Crippen LogP contribution is -2.32. The number of esters is 1. The standard InChI is InChI=1S/C18H22N4O5/c23-18(8-4-12-26-14-5-3-10-19-13-14)27-16-7-2-1-6-15(16)21-11-9-17(20-21)22(24)25/h3,5,9-11,13,15-16H,1-2,4,6-8,12H2. The van der Waals surface area contributed by atoms with Crippen molar-refractivity contribution in [3.63, 3.8) is 0 Å². The molecule has 0 saturated heterocycles. The molecule has 144 valence electrons. The third kappa shape index (κ3) is 5.25. The first-order valence-electron chi connectivity index (χ1n) is 9.05. The lowest BCUT2D eigenvalue weighted by Gasteiger charge is -2.29. The van der Waals surface area contributed by atoms with Gasteiger partial charge in [-0.25, -0.2) is 0 Å². The molecule has 2 aromatic heterocycles. The molecule has 9 nitrogen and oxygen atoms in total. The largest absolute Gasteiger partial charge is 0.492 e. The molecule has 3 rings (SSSR count). The van der Waals surface area contributed by atoms with Gasteiger partial charge in [-0.1, -0.05) is 6.42 Å². The van der Waals surface area contributed by atoms with Crippen molar-refractivity contribution in [1.29, 1.82) is 0 Å². The van der Waals surface area contributed by atoms with Crippen LogP contribution in [0.25, 0.3) is 0 Å². The molecule has 2 heterocycles. The topological polar surface area (TPSA) is 109 Å². The van der Waals surface area contributed by atoms with E-state index >= 15 is 0 Å². The van der Waals surface area contributed by atoms with Crippen LogP contribution in [0.4, 0.5) is 5.82 Å². The molecule has 0 aromatic carbocycles. The zero-order valence-corrected chi connectivity index (χ0v) is 14.9. The van der Waals surface area contributed by atoms with Crippen molar-refractivity contribution in [3.05, 3.63) is 46.9 Å². The number of carbonyl (C=O) groups is 1. The molecule has 1 saturated carbocycles. The number of ether oxygens (including phenoxy) is 2. The maximum absolute atomic E-state index is 12.2. The Bertz CT molecular complexity index is 764. The van der Waals surface area contributed by atoms with E-state index in [2.05, 4.69) is 10.1 Å². The fourth-order valence-electron chi connectivity index (χ4n) is 3.19. The highest BCUT2D eigenvalue weighted by atomic mass is 16.6. The summed E-state index contributed by atoms with van der Waals surface area (Å²) in [5, 5.41) is 14.8. The second-order valence-corrected chi connectivity index (χ2v) is 6.43. The summed E-state index contributed by atoms with van der Waals surface area (Å²) in [6, 6.07) is 4.79. The monoisotopic (exact) mass is 374 g/mol. The Morgan fingerprint density at radius 1 is 1.33 bits per heavy atom. The van der Waals surface area contributed by atoms with Gasteiger partial charge < -0.3 is 19.6 Å². The zero-order valence-electron chi connectivity index (χ0n) is 14.9. The maximum Gasteiger partial charge on any atom is 0.389 e. The molecule has 1 aliphatic carbocycles. The first-order chi connectivity index (χ1) is 13.1. The minimum atomic E-state index is -0.525. The number of hydrogen-bond donors (Lipinski definition) is 0. The Balaban J connectivity index is 1.48. The first kappa shape index (κ1) is 18.8. The molecule has 0 radical (unpaired) electrons. The molecule has 2 aromatic rings. The van der Waals surface area contributed by atoms with E-state index < -0.39 is 4.92 Å². The van der Waals surface area contributed by atoms with Crippen LogP contribution in [0.3, 0.4) is 0 Å². The van der Waals surface area contributed by atoms with E-state index in [9.17, 15) is 14.9 Å². The van der Waals surface area contributed by atoms with E-state index in [1.165, 1.54) is 6.07 Å². The van der Waals surface area contributed by atoms with Crippen LogP contribution in [-0.2, 0) is 9.53 Å². The van der Waals surface area contributed by atoms with Crippen molar-refractivity contribution in [1.82, 2.24) is 14.8 Å². The molecule has 0 N–H and O–H groups in total. The van der Waals surface area contributed by atoms with Gasteiger partial charge in [0.2, 0.25) is 0 Å². The van der Waals surface area contributed by atoms with Gasteiger partial charge in [-0.05, 0) is 42.7 Å². The smallest absolute Gasteiger partial charge is 0.389 e. The molecule has 9 heteroatoms. The van der Waals surface area contributed by atoms with Gasteiger partial charge in [-0.2, -0.15) is 4.68 Å². The number of hydrogen-bond acceptors (Lipinski definition) is 7. The van der Waals surface area contributed by atoms with Crippen LogP contribution in [0.15, 0.2) is 36.8 Å². The van der Waals surface area contributed by atoms with Crippen molar-refractivity contribution < 1.29 is 19.2 Å². The van der Waals surface area contributed by atoms with Gasteiger partial charge in [0, 0.05) is 12.6 Å². The van der Waals surface area contributed by atoms with Crippen LogP contribution < -0.4 is 4.74 Å². The summed E-state index contributed by atoms with van der Waals surface area (Å²) in [4.78, 5) is 26.5. The fourth-order valence-corrected chi connectivity index (χ4v) is 3.19. The quantitative estimate of drug-likeness (QED) is 0.302. The van der Waals surface area contributed by atoms with E-state index in [1.54, 1.807) is 35.4 Å². The molecule has 0 bridgehead atoms. The predicted molar refractivity (Wildman–Crippen MR) is 95.2 cm³/mol. The molecule has 0 spiro atoms. The summed E-state index contributed by atoms with van der Waals surface area (Å²) in [5.74, 6) is 0.181. The second-order valence-electron chi connectivity index (χ2n) is 6.43. The second kappa shape index (κ2) is 9.11. The van der Waals surface area contributed by atoms with Crippen molar-refractivity contribution in [3.8, 4) is 5.75 Å². The van der Waals surface area contributed by atoms with E-state index in [-0.39, 0.29) is 30.4 Å². The van der Waals surface area contributed by atoms with Crippen molar-refractivity contribution >= 4 is 11.8 Å². The number of aromatic nitrogens is 3. The fraction of sp³-hybridized carbons (Fsp3) is 0.500. The van der Waals surface area contributed by atoms with E-state index in [0.717, 1.165) is 25.7 Å². The molecule has 1 fully saturated rings. The number of rotatable bonds is 8. The van der Waals surface area contributed by atoms with Gasteiger partial charge in [0.05, 0.1) is 30.2 Å². The Hall–Kier alpha value is -2.97. The van der Waals surface area contributed by atoms with E-state index in [1.807, 2.05) is 0 Å². The third-order valence-corrected chi connectivity index (χ3v) is 4.50. The normalized spacial score (nSPS) is 19.4. The highest BCUT2D eigenvalue weighted by molar-refractivity contribution is 5.69. The van der Waals surface area contributed by atoms with Gasteiger partial charge in [0.15, 0.2) is 0 Å². The minimum absolute atomic E-state index is 0.164. The Morgan fingerprint density at radius 2 is 2.19 bits per heavy atom. The summed E-state index contributed by atoms with van der Waals surface area (Å²) in [7, 11) is 0. The third-order valence-electron chi connectivity index (χ3n) is 4.50. The van der Waals surface area contributed by atoms with Gasteiger partial charge >= 0.3 is 11.8 Å². The molecule has 0 amide bonds.